The Morgan fingerprint density at radius 1 is 1.50 bits per heavy atom. The van der Waals surface area contributed by atoms with Gasteiger partial charge in [-0.3, -0.25) is 9.59 Å². The van der Waals surface area contributed by atoms with E-state index in [1.165, 1.54) is 17.4 Å². The first-order valence-electron chi connectivity index (χ1n) is 6.39. The summed E-state index contributed by atoms with van der Waals surface area (Å²) in [5, 5.41) is 3.72. The molecule has 0 amide bonds. The molecule has 0 aliphatic carbocycles. The molecular formula is C14H15NO4S. The Labute approximate surface area is 120 Å². The van der Waals surface area contributed by atoms with Crippen molar-refractivity contribution in [2.24, 2.45) is 0 Å². The van der Waals surface area contributed by atoms with E-state index < -0.39 is 5.97 Å². The largest absolute Gasteiger partial charge is 0.462 e. The molecule has 0 bridgehead atoms. The van der Waals surface area contributed by atoms with Crippen LogP contribution in [0.3, 0.4) is 0 Å². The van der Waals surface area contributed by atoms with Crippen molar-refractivity contribution in [2.75, 3.05) is 11.9 Å². The fraction of sp³-hybridized carbons (Fsp3) is 0.357. The third kappa shape index (κ3) is 2.65. The number of hydrogen-bond donors (Lipinski definition) is 1. The van der Waals surface area contributed by atoms with Gasteiger partial charge in [0.25, 0.3) is 0 Å². The number of esters is 1. The minimum Gasteiger partial charge on any atom is -0.462 e. The van der Waals surface area contributed by atoms with Crippen LogP contribution < -0.4 is 10.7 Å². The van der Waals surface area contributed by atoms with Gasteiger partial charge in [0.1, 0.15) is 5.00 Å². The fourth-order valence-electron chi connectivity index (χ4n) is 2.02. The normalized spacial score (nSPS) is 16.7. The van der Waals surface area contributed by atoms with Gasteiger partial charge in [-0.2, -0.15) is 0 Å². The summed E-state index contributed by atoms with van der Waals surface area (Å²) >= 11 is 1.17. The highest BCUT2D eigenvalue weighted by Gasteiger charge is 2.27. The van der Waals surface area contributed by atoms with E-state index in [0.717, 1.165) is 6.42 Å². The summed E-state index contributed by atoms with van der Waals surface area (Å²) in [7, 11) is 0. The number of hydrogen-bond acceptors (Lipinski definition) is 6. The van der Waals surface area contributed by atoms with Crippen molar-refractivity contribution in [1.82, 2.24) is 0 Å². The van der Waals surface area contributed by atoms with E-state index in [-0.39, 0.29) is 23.7 Å². The number of carbonyl (C=O) groups is 2. The molecule has 5 nitrogen and oxygen atoms in total. The zero-order chi connectivity index (χ0) is 14.7. The summed E-state index contributed by atoms with van der Waals surface area (Å²) in [6.45, 7) is 3.93. The first-order valence-corrected chi connectivity index (χ1v) is 7.21. The van der Waals surface area contributed by atoms with Crippen molar-refractivity contribution in [3.63, 3.8) is 0 Å². The second-order valence-electron chi connectivity index (χ2n) is 4.29. The maximum absolute atomic E-state index is 12.1. The molecule has 0 radical (unpaired) electrons. The first kappa shape index (κ1) is 14.5. The molecule has 1 unspecified atom stereocenters. The number of rotatable bonds is 4. The number of nitrogens with one attached hydrogen (secondary N) is 1. The molecule has 0 fully saturated rings. The van der Waals surface area contributed by atoms with Gasteiger partial charge in [-0.25, -0.2) is 4.79 Å². The lowest BCUT2D eigenvalue weighted by atomic mass is 9.99. The standard InChI is InChI=1S/C14H15NO4S/c1-3-8-5-10(14(18)19-4-2)12-11(17)6-9(7-16)20-13(12)15-8/h5-8,15H,3-4H2,1-2H3. The minimum absolute atomic E-state index is 0.0561. The van der Waals surface area contributed by atoms with Crippen LogP contribution in [0.5, 0.6) is 0 Å². The van der Waals surface area contributed by atoms with E-state index in [1.54, 1.807) is 13.0 Å². The lowest BCUT2D eigenvalue weighted by Gasteiger charge is -2.23. The van der Waals surface area contributed by atoms with Crippen LogP contribution in [0, 0.1) is 0 Å². The van der Waals surface area contributed by atoms with Crippen LogP contribution in [0.15, 0.2) is 16.9 Å². The van der Waals surface area contributed by atoms with Gasteiger partial charge in [0.05, 0.1) is 22.6 Å². The molecule has 106 valence electrons. The quantitative estimate of drug-likeness (QED) is 0.679. The summed E-state index contributed by atoms with van der Waals surface area (Å²) in [5.41, 5.74) is 0.233. The molecule has 1 aliphatic rings. The van der Waals surface area contributed by atoms with Gasteiger partial charge < -0.3 is 10.1 Å². The maximum atomic E-state index is 12.1. The van der Waals surface area contributed by atoms with Crippen molar-refractivity contribution < 1.29 is 14.3 Å². The molecule has 1 aromatic heterocycles. The van der Waals surface area contributed by atoms with E-state index in [1.807, 2.05) is 6.92 Å². The Balaban J connectivity index is 2.58. The van der Waals surface area contributed by atoms with Gasteiger partial charge >= 0.3 is 5.97 Å². The number of anilines is 1. The third-order valence-corrected chi connectivity index (χ3v) is 3.95. The average Bonchev–Trinajstić information content (AvgIpc) is 2.45. The van der Waals surface area contributed by atoms with Gasteiger partial charge in [-0.15, -0.1) is 11.3 Å². The SMILES string of the molecule is CCOC(=O)C1=CC(CC)Nc2sc(C=O)cc(=O)c21. The summed E-state index contributed by atoms with van der Waals surface area (Å²) in [6, 6.07) is 1.19. The number of aldehydes is 1. The summed E-state index contributed by atoms with van der Waals surface area (Å²) in [5.74, 6) is -0.503. The van der Waals surface area contributed by atoms with Crippen LogP contribution in [0.4, 0.5) is 5.00 Å². The lowest BCUT2D eigenvalue weighted by molar-refractivity contribution is -0.136. The zero-order valence-corrected chi connectivity index (χ0v) is 12.1. The Bertz CT molecular complexity index is 633. The molecule has 0 spiro atoms. The number of fused-ring (bicyclic) bond motifs is 1. The molecule has 0 saturated carbocycles. The zero-order valence-electron chi connectivity index (χ0n) is 11.3. The Morgan fingerprint density at radius 2 is 2.25 bits per heavy atom. The van der Waals surface area contributed by atoms with Crippen molar-refractivity contribution >= 4 is 34.2 Å². The fourth-order valence-corrected chi connectivity index (χ4v) is 2.99. The molecule has 0 saturated heterocycles. The molecule has 1 N–H and O–H groups in total. The maximum Gasteiger partial charge on any atom is 0.338 e. The molecule has 6 heteroatoms. The van der Waals surface area contributed by atoms with Crippen molar-refractivity contribution in [3.05, 3.63) is 32.8 Å². The Morgan fingerprint density at radius 3 is 2.85 bits per heavy atom. The average molecular weight is 293 g/mol. The molecule has 20 heavy (non-hydrogen) atoms. The van der Waals surface area contributed by atoms with Gasteiger partial charge in [-0.05, 0) is 19.4 Å². The van der Waals surface area contributed by atoms with E-state index in [4.69, 9.17) is 4.74 Å². The van der Waals surface area contributed by atoms with Crippen LogP contribution in [0.1, 0.15) is 35.5 Å². The molecule has 2 heterocycles. The highest BCUT2D eigenvalue weighted by atomic mass is 32.1. The Hall–Kier alpha value is -1.95. The van der Waals surface area contributed by atoms with Crippen LogP contribution >= 0.6 is 11.3 Å². The van der Waals surface area contributed by atoms with Crippen LogP contribution in [-0.4, -0.2) is 24.9 Å². The second kappa shape index (κ2) is 6.00. The van der Waals surface area contributed by atoms with Gasteiger partial charge in [0.15, 0.2) is 11.7 Å². The summed E-state index contributed by atoms with van der Waals surface area (Å²) < 4.78 is 5.00. The lowest BCUT2D eigenvalue weighted by Crippen LogP contribution is -2.27. The van der Waals surface area contributed by atoms with Crippen molar-refractivity contribution in [2.45, 2.75) is 26.3 Å². The van der Waals surface area contributed by atoms with E-state index in [2.05, 4.69) is 5.32 Å². The number of ether oxygens (including phenoxy) is 1. The van der Waals surface area contributed by atoms with Crippen LogP contribution in [-0.2, 0) is 9.53 Å². The van der Waals surface area contributed by atoms with Gasteiger partial charge in [-0.1, -0.05) is 6.92 Å². The minimum atomic E-state index is -0.503. The monoisotopic (exact) mass is 293 g/mol. The smallest absolute Gasteiger partial charge is 0.338 e. The van der Waals surface area contributed by atoms with Crippen molar-refractivity contribution in [1.29, 1.82) is 0 Å². The summed E-state index contributed by atoms with van der Waals surface area (Å²) in [6.07, 6.45) is 3.11. The molecular weight excluding hydrogens is 278 g/mol. The molecule has 1 aromatic rings. The topological polar surface area (TPSA) is 72.5 Å². The highest BCUT2D eigenvalue weighted by Crippen LogP contribution is 2.32. The second-order valence-corrected chi connectivity index (χ2v) is 5.38. The summed E-state index contributed by atoms with van der Waals surface area (Å²) in [4.78, 5) is 35.3. The molecule has 0 aromatic carbocycles. The molecule has 1 atom stereocenters. The number of carbonyl (C=O) groups excluding carboxylic acids is 2. The first-order chi connectivity index (χ1) is 9.60. The van der Waals surface area contributed by atoms with Gasteiger partial charge in [0.2, 0.25) is 0 Å². The van der Waals surface area contributed by atoms with E-state index >= 15 is 0 Å². The third-order valence-electron chi connectivity index (χ3n) is 2.97. The van der Waals surface area contributed by atoms with Crippen LogP contribution in [0.2, 0.25) is 0 Å². The highest BCUT2D eigenvalue weighted by molar-refractivity contribution is 7.17. The van der Waals surface area contributed by atoms with Crippen LogP contribution in [0.25, 0.3) is 5.57 Å². The predicted molar refractivity (Wildman–Crippen MR) is 78.3 cm³/mol. The van der Waals surface area contributed by atoms with Gasteiger partial charge in [0, 0.05) is 12.1 Å². The van der Waals surface area contributed by atoms with E-state index in [0.29, 0.717) is 21.7 Å². The predicted octanol–water partition coefficient (Wildman–Crippen LogP) is 2.07. The van der Waals surface area contributed by atoms with Crippen molar-refractivity contribution in [3.8, 4) is 0 Å². The molecule has 2 rings (SSSR count). The molecule has 1 aliphatic heterocycles. The Kier molecular flexibility index (Phi) is 4.34. The van der Waals surface area contributed by atoms with E-state index in [9.17, 15) is 14.4 Å².